The zero-order chi connectivity index (χ0) is 18.7. The molecular weight excluding hydrogens is 338 g/mol. The number of hydrogen-bond acceptors (Lipinski definition) is 6. The Balaban J connectivity index is 1.81. The van der Waals surface area contributed by atoms with Crippen molar-refractivity contribution >= 4 is 28.5 Å². The molecule has 1 N–H and O–H groups in total. The molecule has 0 saturated carbocycles. The number of nitro groups is 1. The number of hydrogen-bond donors (Lipinski definition) is 1. The number of carbonyl (C=O) groups is 1. The van der Waals surface area contributed by atoms with Crippen LogP contribution in [0.5, 0.6) is 5.75 Å². The van der Waals surface area contributed by atoms with Gasteiger partial charge in [-0.25, -0.2) is 4.79 Å². The van der Waals surface area contributed by atoms with Gasteiger partial charge in [-0.3, -0.25) is 14.9 Å². The second kappa shape index (κ2) is 7.02. The summed E-state index contributed by atoms with van der Waals surface area (Å²) in [5.41, 5.74) is -0.0844. The van der Waals surface area contributed by atoms with E-state index in [9.17, 15) is 24.8 Å². The van der Waals surface area contributed by atoms with E-state index >= 15 is 0 Å². The number of aromatic hydroxyl groups is 1. The summed E-state index contributed by atoms with van der Waals surface area (Å²) in [6.07, 6.45) is 2.41. The first-order chi connectivity index (χ1) is 12.5. The minimum absolute atomic E-state index is 0.0489. The third-order valence-corrected chi connectivity index (χ3v) is 3.79. The van der Waals surface area contributed by atoms with Crippen LogP contribution >= 0.6 is 0 Å². The summed E-state index contributed by atoms with van der Waals surface area (Å²) in [5.74, 6) is -0.685. The number of nitro benzene ring substituents is 1. The first-order valence-corrected chi connectivity index (χ1v) is 7.65. The number of benzene rings is 2. The van der Waals surface area contributed by atoms with Crippen molar-refractivity contribution < 1.29 is 19.2 Å². The average Bonchev–Trinajstić information content (AvgIpc) is 2.64. The van der Waals surface area contributed by atoms with Gasteiger partial charge in [0.1, 0.15) is 11.3 Å². The fourth-order valence-electron chi connectivity index (χ4n) is 2.46. The first-order valence-electron chi connectivity index (χ1n) is 7.65. The largest absolute Gasteiger partial charge is 0.507 e. The molecule has 2 aromatic carbocycles. The minimum atomic E-state index is -0.765. The van der Waals surface area contributed by atoms with E-state index in [1.165, 1.54) is 36.4 Å². The van der Waals surface area contributed by atoms with Gasteiger partial charge in [0.25, 0.3) is 5.69 Å². The molecule has 0 aliphatic heterocycles. The zero-order valence-corrected chi connectivity index (χ0v) is 13.4. The van der Waals surface area contributed by atoms with Crippen molar-refractivity contribution in [1.29, 1.82) is 0 Å². The Kier molecular flexibility index (Phi) is 4.62. The molecule has 0 saturated heterocycles. The van der Waals surface area contributed by atoms with Gasteiger partial charge >= 0.3 is 5.63 Å². The van der Waals surface area contributed by atoms with Crippen LogP contribution in [-0.4, -0.2) is 15.8 Å². The lowest BCUT2D eigenvalue weighted by Crippen LogP contribution is -2.12. The molecule has 0 radical (unpaired) electrons. The smallest absolute Gasteiger partial charge is 0.343 e. The molecule has 0 spiro atoms. The first kappa shape index (κ1) is 17.1. The molecule has 0 aliphatic carbocycles. The van der Waals surface area contributed by atoms with Crippen LogP contribution in [0.1, 0.15) is 11.1 Å². The lowest BCUT2D eigenvalue weighted by atomic mass is 10.1. The Bertz CT molecular complexity index is 1080. The number of ketones is 1. The fraction of sp³-hybridized carbons (Fsp3) is 0.0526. The maximum absolute atomic E-state index is 12.1. The lowest BCUT2D eigenvalue weighted by Gasteiger charge is -2.04. The van der Waals surface area contributed by atoms with E-state index in [2.05, 4.69) is 0 Å². The second-order valence-corrected chi connectivity index (χ2v) is 5.54. The van der Waals surface area contributed by atoms with Crippen LogP contribution in [0.3, 0.4) is 0 Å². The van der Waals surface area contributed by atoms with Gasteiger partial charge in [-0.15, -0.1) is 0 Å². The maximum Gasteiger partial charge on any atom is 0.343 e. The molecule has 130 valence electrons. The van der Waals surface area contributed by atoms with Gasteiger partial charge in [0.2, 0.25) is 0 Å². The molecule has 1 aromatic heterocycles. The Labute approximate surface area is 147 Å². The van der Waals surface area contributed by atoms with Crippen molar-refractivity contribution in [2.45, 2.75) is 6.42 Å². The summed E-state index contributed by atoms with van der Waals surface area (Å²) < 4.78 is 5.12. The highest BCUT2D eigenvalue weighted by Crippen LogP contribution is 2.26. The predicted octanol–water partition coefficient (Wildman–Crippen LogP) is 3.23. The third kappa shape index (κ3) is 3.51. The van der Waals surface area contributed by atoms with E-state index in [-0.39, 0.29) is 29.0 Å². The molecule has 3 rings (SSSR count). The zero-order valence-electron chi connectivity index (χ0n) is 13.4. The summed E-state index contributed by atoms with van der Waals surface area (Å²) in [7, 11) is 0. The van der Waals surface area contributed by atoms with E-state index in [0.717, 1.165) is 0 Å². The van der Waals surface area contributed by atoms with Gasteiger partial charge in [-0.05, 0) is 35.9 Å². The molecule has 26 heavy (non-hydrogen) atoms. The maximum atomic E-state index is 12.1. The second-order valence-electron chi connectivity index (χ2n) is 5.54. The summed E-state index contributed by atoms with van der Waals surface area (Å²) in [6.45, 7) is 0. The molecule has 0 aliphatic rings. The third-order valence-electron chi connectivity index (χ3n) is 3.79. The van der Waals surface area contributed by atoms with Crippen molar-refractivity contribution in [1.82, 2.24) is 0 Å². The van der Waals surface area contributed by atoms with E-state index in [1.807, 2.05) is 0 Å². The Morgan fingerprint density at radius 1 is 1.15 bits per heavy atom. The quantitative estimate of drug-likeness (QED) is 0.327. The summed E-state index contributed by atoms with van der Waals surface area (Å²) in [5, 5.41) is 21.2. The number of nitrogens with zero attached hydrogens (tertiary/aromatic N) is 1. The molecule has 7 heteroatoms. The monoisotopic (exact) mass is 351 g/mol. The number of rotatable bonds is 5. The average molecular weight is 351 g/mol. The van der Waals surface area contributed by atoms with Crippen LogP contribution in [0.2, 0.25) is 0 Å². The summed E-state index contributed by atoms with van der Waals surface area (Å²) in [6, 6.07) is 12.2. The van der Waals surface area contributed by atoms with E-state index in [0.29, 0.717) is 10.9 Å². The van der Waals surface area contributed by atoms with Gasteiger partial charge in [-0.1, -0.05) is 18.2 Å². The highest BCUT2D eigenvalue weighted by molar-refractivity contribution is 5.96. The van der Waals surface area contributed by atoms with E-state index in [1.54, 1.807) is 24.3 Å². The summed E-state index contributed by atoms with van der Waals surface area (Å²) >= 11 is 0. The van der Waals surface area contributed by atoms with E-state index in [4.69, 9.17) is 4.42 Å². The predicted molar refractivity (Wildman–Crippen MR) is 95.0 cm³/mol. The number of para-hydroxylation sites is 1. The van der Waals surface area contributed by atoms with E-state index < -0.39 is 16.3 Å². The number of fused-ring (bicyclic) bond motifs is 1. The highest BCUT2D eigenvalue weighted by atomic mass is 16.6. The molecule has 0 bridgehead atoms. The van der Waals surface area contributed by atoms with Gasteiger partial charge < -0.3 is 9.52 Å². The number of non-ortho nitro benzene ring substituents is 1. The van der Waals surface area contributed by atoms with Gasteiger partial charge in [0, 0.05) is 18.6 Å². The molecule has 0 atom stereocenters. The molecule has 0 amide bonds. The topological polar surface area (TPSA) is 111 Å². The van der Waals surface area contributed by atoms with Crippen molar-refractivity contribution in [3.8, 4) is 5.75 Å². The van der Waals surface area contributed by atoms with Gasteiger partial charge in [0.05, 0.1) is 15.9 Å². The van der Waals surface area contributed by atoms with Crippen molar-refractivity contribution in [2.24, 2.45) is 0 Å². The molecule has 1 heterocycles. The van der Waals surface area contributed by atoms with Crippen molar-refractivity contribution in [3.05, 3.63) is 86.3 Å². The Hall–Kier alpha value is -3.74. The highest BCUT2D eigenvalue weighted by Gasteiger charge is 2.15. The van der Waals surface area contributed by atoms with Crippen molar-refractivity contribution in [2.75, 3.05) is 0 Å². The van der Waals surface area contributed by atoms with Crippen LogP contribution in [0, 0.1) is 10.1 Å². The Morgan fingerprint density at radius 3 is 2.54 bits per heavy atom. The molecular formula is C19H13NO6. The minimum Gasteiger partial charge on any atom is -0.507 e. The standard InChI is InChI=1S/C19H13NO6/c21-14(10-7-12-5-8-13(9-6-12)20(24)25)11-16-18(22)15-3-1-2-4-17(15)26-19(16)23/h1-10,22H,11H2/b10-7+. The van der Waals surface area contributed by atoms with Crippen molar-refractivity contribution in [3.63, 3.8) is 0 Å². The van der Waals surface area contributed by atoms with Crippen LogP contribution in [0.4, 0.5) is 5.69 Å². The van der Waals surface area contributed by atoms with Gasteiger partial charge in [-0.2, -0.15) is 0 Å². The number of carbonyl (C=O) groups excluding carboxylic acids is 1. The SMILES string of the molecule is O=C(/C=C/c1ccc([N+](=O)[O-])cc1)Cc1c(O)c2ccccc2oc1=O. The molecule has 0 unspecified atom stereocenters. The van der Waals surface area contributed by atoms with Crippen LogP contribution in [0.15, 0.2) is 63.8 Å². The fourth-order valence-corrected chi connectivity index (χ4v) is 2.46. The Morgan fingerprint density at radius 2 is 1.85 bits per heavy atom. The lowest BCUT2D eigenvalue weighted by molar-refractivity contribution is -0.384. The summed E-state index contributed by atoms with van der Waals surface area (Å²) in [4.78, 5) is 34.2. The molecule has 3 aromatic rings. The van der Waals surface area contributed by atoms with Crippen LogP contribution < -0.4 is 5.63 Å². The molecule has 0 fully saturated rings. The van der Waals surface area contributed by atoms with Gasteiger partial charge in [0.15, 0.2) is 5.78 Å². The number of allylic oxidation sites excluding steroid dienone is 1. The van der Waals surface area contributed by atoms with Crippen LogP contribution in [-0.2, 0) is 11.2 Å². The normalized spacial score (nSPS) is 11.1. The molecule has 7 nitrogen and oxygen atoms in total. The van der Waals surface area contributed by atoms with Crippen LogP contribution in [0.25, 0.3) is 17.0 Å².